The van der Waals surface area contributed by atoms with Gasteiger partial charge >= 0.3 is 0 Å². The topological polar surface area (TPSA) is 96.6 Å². The number of aryl methyl sites for hydroxylation is 2. The van der Waals surface area contributed by atoms with Gasteiger partial charge in [-0.15, -0.1) is 0 Å². The first kappa shape index (κ1) is 18.7. The number of sulfonamides is 1. The maximum atomic E-state index is 11.5. The van der Waals surface area contributed by atoms with E-state index in [0.29, 0.717) is 12.5 Å². The van der Waals surface area contributed by atoms with Crippen LogP contribution in [0.4, 0.5) is 5.69 Å². The van der Waals surface area contributed by atoms with Crippen LogP contribution in [0.2, 0.25) is 0 Å². The summed E-state index contributed by atoms with van der Waals surface area (Å²) in [4.78, 5) is 4.42. The molecule has 2 unspecified atom stereocenters. The van der Waals surface area contributed by atoms with Crippen LogP contribution in [0.5, 0.6) is 0 Å². The Bertz CT molecular complexity index is 701. The lowest BCUT2D eigenvalue weighted by Crippen LogP contribution is -2.43. The van der Waals surface area contributed by atoms with Gasteiger partial charge in [0.15, 0.2) is 5.96 Å². The number of nitrogens with one attached hydrogen (secondary N) is 2. The first-order valence-corrected chi connectivity index (χ1v) is 10.3. The maximum absolute atomic E-state index is 11.5. The van der Waals surface area contributed by atoms with E-state index in [2.05, 4.69) is 28.9 Å². The molecule has 1 saturated carbocycles. The summed E-state index contributed by atoms with van der Waals surface area (Å²) in [6.07, 6.45) is 5.18. The van der Waals surface area contributed by atoms with Crippen LogP contribution in [-0.2, 0) is 10.0 Å². The summed E-state index contributed by atoms with van der Waals surface area (Å²) in [7, 11) is -3.20. The van der Waals surface area contributed by atoms with E-state index >= 15 is 0 Å². The highest BCUT2D eigenvalue weighted by molar-refractivity contribution is 7.88. The number of hydrogen-bond acceptors (Lipinski definition) is 3. The van der Waals surface area contributed by atoms with Gasteiger partial charge in [-0.1, -0.05) is 18.9 Å². The van der Waals surface area contributed by atoms with Crippen LogP contribution >= 0.6 is 0 Å². The molecule has 0 saturated heterocycles. The predicted octanol–water partition coefficient (Wildman–Crippen LogP) is 2.14. The molecule has 0 heterocycles. The minimum Gasteiger partial charge on any atom is -0.370 e. The zero-order valence-corrected chi connectivity index (χ0v) is 15.5. The van der Waals surface area contributed by atoms with Crippen LogP contribution in [0.25, 0.3) is 0 Å². The Morgan fingerprint density at radius 1 is 1.25 bits per heavy atom. The van der Waals surface area contributed by atoms with Crippen molar-refractivity contribution in [2.45, 2.75) is 45.6 Å². The van der Waals surface area contributed by atoms with Gasteiger partial charge in [0.1, 0.15) is 0 Å². The molecule has 1 aromatic carbocycles. The highest BCUT2D eigenvalue weighted by Gasteiger charge is 2.27. The zero-order chi connectivity index (χ0) is 17.7. The van der Waals surface area contributed by atoms with Crippen LogP contribution in [0, 0.1) is 19.8 Å². The molecule has 134 valence electrons. The smallest absolute Gasteiger partial charge is 0.208 e. The second-order valence-corrected chi connectivity index (χ2v) is 8.47. The number of nitrogens with zero attached hydrogens (tertiary/aromatic N) is 1. The van der Waals surface area contributed by atoms with Crippen molar-refractivity contribution in [3.8, 4) is 0 Å². The molecule has 0 amide bonds. The quantitative estimate of drug-likeness (QED) is 0.559. The highest BCUT2D eigenvalue weighted by Crippen LogP contribution is 2.25. The molecule has 1 aromatic rings. The van der Waals surface area contributed by atoms with Crippen molar-refractivity contribution < 1.29 is 8.42 Å². The van der Waals surface area contributed by atoms with E-state index in [9.17, 15) is 8.42 Å². The molecule has 0 aliphatic heterocycles. The minimum absolute atomic E-state index is 0.0491. The molecule has 1 aliphatic rings. The lowest BCUT2D eigenvalue weighted by atomic mass is 9.85. The Hall–Kier alpha value is -1.60. The monoisotopic (exact) mass is 352 g/mol. The molecule has 4 N–H and O–H groups in total. The lowest BCUT2D eigenvalue weighted by Gasteiger charge is -2.30. The molecule has 6 nitrogen and oxygen atoms in total. The first-order valence-electron chi connectivity index (χ1n) is 8.36. The molecular formula is C17H28N4O2S. The van der Waals surface area contributed by atoms with Gasteiger partial charge in [-0.25, -0.2) is 13.1 Å². The van der Waals surface area contributed by atoms with Gasteiger partial charge in [-0.2, -0.15) is 0 Å². The molecule has 0 radical (unpaired) electrons. The minimum atomic E-state index is -3.20. The van der Waals surface area contributed by atoms with Gasteiger partial charge in [-0.05, 0) is 55.9 Å². The first-order chi connectivity index (χ1) is 11.2. The van der Waals surface area contributed by atoms with Crippen molar-refractivity contribution in [3.63, 3.8) is 0 Å². The SMILES string of the molecule is Cc1ccc(NC(N)=NCC2CCCCC2NS(C)(=O)=O)cc1C. The summed E-state index contributed by atoms with van der Waals surface area (Å²) in [5, 5.41) is 3.10. The van der Waals surface area contributed by atoms with Crippen LogP contribution in [0.15, 0.2) is 23.2 Å². The zero-order valence-electron chi connectivity index (χ0n) is 14.7. The normalized spacial score (nSPS) is 22.4. The molecule has 2 rings (SSSR count). The lowest BCUT2D eigenvalue weighted by molar-refractivity contribution is 0.297. The van der Waals surface area contributed by atoms with Crippen molar-refractivity contribution in [2.24, 2.45) is 16.6 Å². The van der Waals surface area contributed by atoms with Gasteiger partial charge in [0.25, 0.3) is 0 Å². The van der Waals surface area contributed by atoms with Crippen LogP contribution in [0.1, 0.15) is 36.8 Å². The van der Waals surface area contributed by atoms with Gasteiger partial charge in [0.05, 0.1) is 6.26 Å². The Labute approximate surface area is 145 Å². The third-order valence-electron chi connectivity index (χ3n) is 4.55. The standard InChI is InChI=1S/C17H28N4O2S/c1-12-8-9-15(10-13(12)2)20-17(18)19-11-14-6-4-5-7-16(14)21-24(3,22)23/h8-10,14,16,21H,4-7,11H2,1-3H3,(H3,18,19,20). The fraction of sp³-hybridized carbons (Fsp3) is 0.588. The van der Waals surface area contributed by atoms with E-state index in [-0.39, 0.29) is 12.0 Å². The third-order valence-corrected chi connectivity index (χ3v) is 5.28. The van der Waals surface area contributed by atoms with E-state index in [1.165, 1.54) is 17.4 Å². The van der Waals surface area contributed by atoms with Gasteiger partial charge in [0, 0.05) is 18.3 Å². The number of rotatable bonds is 5. The van der Waals surface area contributed by atoms with Crippen molar-refractivity contribution >= 4 is 21.7 Å². The Kier molecular flexibility index (Phi) is 6.23. The Morgan fingerprint density at radius 3 is 2.62 bits per heavy atom. The summed E-state index contributed by atoms with van der Waals surface area (Å²) < 4.78 is 25.7. The molecular weight excluding hydrogens is 324 g/mol. The number of nitrogens with two attached hydrogens (primary N) is 1. The molecule has 24 heavy (non-hydrogen) atoms. The maximum Gasteiger partial charge on any atom is 0.208 e. The summed E-state index contributed by atoms with van der Waals surface area (Å²) >= 11 is 0. The van der Waals surface area contributed by atoms with E-state index in [4.69, 9.17) is 5.73 Å². The van der Waals surface area contributed by atoms with Crippen LogP contribution in [0.3, 0.4) is 0 Å². The second kappa shape index (κ2) is 7.98. The predicted molar refractivity (Wildman–Crippen MR) is 99.8 cm³/mol. The van der Waals surface area contributed by atoms with E-state index in [1.807, 2.05) is 18.2 Å². The molecule has 0 spiro atoms. The summed E-state index contributed by atoms with van der Waals surface area (Å²) in [6.45, 7) is 4.64. The van der Waals surface area contributed by atoms with Crippen molar-refractivity contribution in [2.75, 3.05) is 18.1 Å². The fourth-order valence-corrected chi connectivity index (χ4v) is 3.94. The number of benzene rings is 1. The largest absolute Gasteiger partial charge is 0.370 e. The third kappa shape index (κ3) is 5.79. The summed E-state index contributed by atoms with van der Waals surface area (Å²) in [5.41, 5.74) is 9.32. The van der Waals surface area contributed by atoms with Gasteiger partial charge < -0.3 is 11.1 Å². The Balaban J connectivity index is 1.97. The van der Waals surface area contributed by atoms with Gasteiger partial charge in [-0.3, -0.25) is 4.99 Å². The van der Waals surface area contributed by atoms with Crippen molar-refractivity contribution in [3.05, 3.63) is 29.3 Å². The number of aliphatic imine (C=N–C) groups is 1. The highest BCUT2D eigenvalue weighted by atomic mass is 32.2. The molecule has 2 atom stereocenters. The number of guanidine groups is 1. The van der Waals surface area contributed by atoms with Gasteiger partial charge in [0.2, 0.25) is 10.0 Å². The Morgan fingerprint density at radius 2 is 1.96 bits per heavy atom. The molecule has 7 heteroatoms. The number of anilines is 1. The average Bonchev–Trinajstić information content (AvgIpc) is 2.48. The molecule has 0 bridgehead atoms. The number of hydrogen-bond donors (Lipinski definition) is 3. The molecule has 0 aromatic heterocycles. The molecule has 1 aliphatic carbocycles. The second-order valence-electron chi connectivity index (χ2n) is 6.69. The van der Waals surface area contributed by atoms with Crippen molar-refractivity contribution in [1.29, 1.82) is 0 Å². The van der Waals surface area contributed by atoms with E-state index in [1.54, 1.807) is 0 Å². The van der Waals surface area contributed by atoms with Crippen LogP contribution < -0.4 is 15.8 Å². The summed E-state index contributed by atoms with van der Waals surface area (Å²) in [5.74, 6) is 0.551. The summed E-state index contributed by atoms with van der Waals surface area (Å²) in [6, 6.07) is 6.00. The fourth-order valence-electron chi connectivity index (χ4n) is 3.08. The van der Waals surface area contributed by atoms with E-state index < -0.39 is 10.0 Å². The molecule has 1 fully saturated rings. The van der Waals surface area contributed by atoms with E-state index in [0.717, 1.165) is 31.4 Å². The van der Waals surface area contributed by atoms with Crippen LogP contribution in [-0.4, -0.2) is 33.2 Å². The average molecular weight is 353 g/mol. The van der Waals surface area contributed by atoms with Crippen molar-refractivity contribution in [1.82, 2.24) is 4.72 Å².